The highest BCUT2D eigenvalue weighted by Crippen LogP contribution is 2.27. The summed E-state index contributed by atoms with van der Waals surface area (Å²) < 4.78 is 0. The summed E-state index contributed by atoms with van der Waals surface area (Å²) in [7, 11) is 2.06. The van der Waals surface area contributed by atoms with E-state index in [1.165, 1.54) is 10.6 Å². The lowest BCUT2D eigenvalue weighted by molar-refractivity contribution is -0.114. The van der Waals surface area contributed by atoms with Gasteiger partial charge < -0.3 is 4.90 Å². The van der Waals surface area contributed by atoms with Crippen molar-refractivity contribution in [1.82, 2.24) is 0 Å². The molecule has 0 bridgehead atoms. The summed E-state index contributed by atoms with van der Waals surface area (Å²) in [5.41, 5.74) is 6.70. The third-order valence-corrected chi connectivity index (χ3v) is 4.92. The number of aryl methyl sites for hydroxylation is 2. The van der Waals surface area contributed by atoms with E-state index >= 15 is 0 Å². The summed E-state index contributed by atoms with van der Waals surface area (Å²) in [4.78, 5) is 15.0. The second-order valence-corrected chi connectivity index (χ2v) is 6.73. The largest absolute Gasteiger partial charge is 0.375 e. The highest BCUT2D eigenvalue weighted by molar-refractivity contribution is 6.32. The van der Waals surface area contributed by atoms with Gasteiger partial charge in [0.25, 0.3) is 5.91 Å². The molecule has 1 heterocycles. The zero-order valence-corrected chi connectivity index (χ0v) is 16.1. The Morgan fingerprint density at radius 2 is 1.73 bits per heavy atom. The van der Waals surface area contributed by atoms with Gasteiger partial charge in [0.1, 0.15) is 0 Å². The first-order valence-corrected chi connectivity index (χ1v) is 8.91. The molecule has 134 valence electrons. The zero-order valence-electron chi connectivity index (χ0n) is 16.1. The van der Waals surface area contributed by atoms with Crippen LogP contribution in [0.5, 0.6) is 0 Å². The van der Waals surface area contributed by atoms with E-state index in [1.807, 2.05) is 50.3 Å². The van der Waals surface area contributed by atoms with Crippen LogP contribution in [0.25, 0.3) is 6.08 Å². The first-order chi connectivity index (χ1) is 12.4. The number of anilines is 2. The van der Waals surface area contributed by atoms with Crippen LogP contribution in [-0.4, -0.2) is 25.2 Å². The fourth-order valence-electron chi connectivity index (χ4n) is 2.89. The number of hydrogen-bond donors (Lipinski definition) is 0. The average Bonchev–Trinajstić information content (AvgIpc) is 2.92. The van der Waals surface area contributed by atoms with Crippen LogP contribution in [0.3, 0.4) is 0 Å². The van der Waals surface area contributed by atoms with Gasteiger partial charge in [-0.15, -0.1) is 0 Å². The molecule has 2 aromatic carbocycles. The van der Waals surface area contributed by atoms with E-state index in [0.29, 0.717) is 5.57 Å². The summed E-state index contributed by atoms with van der Waals surface area (Å²) in [6.45, 7) is 9.06. The molecule has 4 nitrogen and oxygen atoms in total. The van der Waals surface area contributed by atoms with Crippen molar-refractivity contribution in [3.05, 3.63) is 64.7 Å². The Bertz CT molecular complexity index is 894. The van der Waals surface area contributed by atoms with Gasteiger partial charge in [-0.25, -0.2) is 0 Å². The van der Waals surface area contributed by atoms with Gasteiger partial charge in [-0.1, -0.05) is 18.2 Å². The molecule has 1 amide bonds. The third-order valence-electron chi connectivity index (χ3n) is 4.92. The lowest BCUT2D eigenvalue weighted by Crippen LogP contribution is -2.21. The maximum atomic E-state index is 12.9. The Morgan fingerprint density at radius 3 is 2.35 bits per heavy atom. The van der Waals surface area contributed by atoms with Crippen molar-refractivity contribution in [2.45, 2.75) is 27.7 Å². The van der Waals surface area contributed by atoms with Crippen molar-refractivity contribution in [2.75, 3.05) is 23.5 Å². The topological polar surface area (TPSA) is 35.9 Å². The molecular formula is C22H25N3O. The summed E-state index contributed by atoms with van der Waals surface area (Å²) in [5.74, 6) is -0.0829. The van der Waals surface area contributed by atoms with Crippen LogP contribution < -0.4 is 9.91 Å². The van der Waals surface area contributed by atoms with Crippen LogP contribution in [-0.2, 0) is 4.79 Å². The predicted octanol–water partition coefficient (Wildman–Crippen LogP) is 4.57. The van der Waals surface area contributed by atoms with Crippen LogP contribution in [0.1, 0.15) is 30.5 Å². The molecule has 0 N–H and O–H groups in total. The fourth-order valence-corrected chi connectivity index (χ4v) is 2.89. The minimum Gasteiger partial charge on any atom is -0.375 e. The predicted molar refractivity (Wildman–Crippen MR) is 110 cm³/mol. The Hall–Kier alpha value is -2.88. The first kappa shape index (κ1) is 17.9. The molecule has 0 fully saturated rings. The van der Waals surface area contributed by atoms with Gasteiger partial charge in [0.05, 0.1) is 17.0 Å². The molecule has 0 atom stereocenters. The van der Waals surface area contributed by atoms with Crippen LogP contribution in [0.4, 0.5) is 11.4 Å². The molecule has 0 saturated carbocycles. The van der Waals surface area contributed by atoms with Crippen molar-refractivity contribution in [3.8, 4) is 0 Å². The van der Waals surface area contributed by atoms with Crippen LogP contribution in [0, 0.1) is 13.8 Å². The number of benzene rings is 2. The molecule has 3 rings (SSSR count). The summed E-state index contributed by atoms with van der Waals surface area (Å²) >= 11 is 0. The van der Waals surface area contributed by atoms with Gasteiger partial charge >= 0.3 is 0 Å². The molecular weight excluding hydrogens is 322 g/mol. The third kappa shape index (κ3) is 3.40. The number of hydrogen-bond acceptors (Lipinski definition) is 3. The van der Waals surface area contributed by atoms with Gasteiger partial charge in [-0.2, -0.15) is 10.1 Å². The maximum Gasteiger partial charge on any atom is 0.280 e. The second-order valence-electron chi connectivity index (χ2n) is 6.73. The van der Waals surface area contributed by atoms with Crippen molar-refractivity contribution in [3.63, 3.8) is 0 Å². The number of amides is 1. The standard InChI is InChI=1S/C22H25N3O/c1-6-24(5)19-11-8-18(9-12-19)14-21-17(4)23-25(22(21)26)20-10-7-15(2)16(3)13-20/h7-14H,6H2,1-5H3. The minimum absolute atomic E-state index is 0.0829. The van der Waals surface area contributed by atoms with Gasteiger partial charge in [0.15, 0.2) is 0 Å². The van der Waals surface area contributed by atoms with Crippen molar-refractivity contribution in [2.24, 2.45) is 5.10 Å². The lowest BCUT2D eigenvalue weighted by atomic mass is 10.1. The van der Waals surface area contributed by atoms with E-state index in [-0.39, 0.29) is 5.91 Å². The van der Waals surface area contributed by atoms with Crippen molar-refractivity contribution in [1.29, 1.82) is 0 Å². The van der Waals surface area contributed by atoms with E-state index in [9.17, 15) is 4.79 Å². The summed E-state index contributed by atoms with van der Waals surface area (Å²) in [6.07, 6.45) is 1.91. The molecule has 0 radical (unpaired) electrons. The molecule has 0 spiro atoms. The molecule has 0 aliphatic carbocycles. The Kier molecular flexibility index (Phi) is 4.94. The molecule has 0 saturated heterocycles. The number of nitrogens with zero attached hydrogens (tertiary/aromatic N) is 3. The molecule has 0 aromatic heterocycles. The maximum absolute atomic E-state index is 12.9. The summed E-state index contributed by atoms with van der Waals surface area (Å²) in [6, 6.07) is 14.2. The highest BCUT2D eigenvalue weighted by Gasteiger charge is 2.28. The second kappa shape index (κ2) is 7.16. The molecule has 2 aromatic rings. The lowest BCUT2D eigenvalue weighted by Gasteiger charge is -2.16. The Labute approximate surface area is 155 Å². The van der Waals surface area contributed by atoms with Gasteiger partial charge in [0.2, 0.25) is 0 Å². The summed E-state index contributed by atoms with van der Waals surface area (Å²) in [5, 5.41) is 5.96. The number of carbonyl (C=O) groups is 1. The quantitative estimate of drug-likeness (QED) is 0.760. The van der Waals surface area contributed by atoms with E-state index in [2.05, 4.69) is 43.0 Å². The number of hydrazone groups is 1. The van der Waals surface area contributed by atoms with E-state index < -0.39 is 0 Å². The van der Waals surface area contributed by atoms with Crippen molar-refractivity contribution < 1.29 is 4.79 Å². The molecule has 1 aliphatic rings. The Balaban J connectivity index is 1.87. The zero-order chi connectivity index (χ0) is 18.8. The molecule has 0 unspecified atom stereocenters. The highest BCUT2D eigenvalue weighted by atomic mass is 16.2. The molecule has 1 aliphatic heterocycles. The molecule has 26 heavy (non-hydrogen) atoms. The number of carbonyl (C=O) groups excluding carboxylic acids is 1. The normalized spacial score (nSPS) is 15.6. The van der Waals surface area contributed by atoms with E-state index in [1.54, 1.807) is 0 Å². The van der Waals surface area contributed by atoms with Crippen molar-refractivity contribution >= 4 is 29.1 Å². The fraction of sp³-hybridized carbons (Fsp3) is 0.273. The smallest absolute Gasteiger partial charge is 0.280 e. The monoisotopic (exact) mass is 347 g/mol. The van der Waals surface area contributed by atoms with Crippen LogP contribution >= 0.6 is 0 Å². The minimum atomic E-state index is -0.0829. The van der Waals surface area contributed by atoms with E-state index in [0.717, 1.165) is 34.8 Å². The molecule has 4 heteroatoms. The first-order valence-electron chi connectivity index (χ1n) is 8.91. The van der Waals surface area contributed by atoms with Gasteiger partial charge in [-0.05, 0) is 74.7 Å². The van der Waals surface area contributed by atoms with E-state index in [4.69, 9.17) is 0 Å². The Morgan fingerprint density at radius 1 is 1.04 bits per heavy atom. The number of rotatable bonds is 4. The van der Waals surface area contributed by atoms with Gasteiger partial charge in [0, 0.05) is 19.3 Å². The SMILES string of the molecule is CCN(C)c1ccc(C=C2C(=O)N(c3ccc(C)c(C)c3)N=C2C)cc1. The average molecular weight is 347 g/mol. The van der Waals surface area contributed by atoms with Crippen LogP contribution in [0.15, 0.2) is 53.1 Å². The van der Waals surface area contributed by atoms with Crippen LogP contribution in [0.2, 0.25) is 0 Å². The van der Waals surface area contributed by atoms with Gasteiger partial charge in [-0.3, -0.25) is 4.79 Å².